The van der Waals surface area contributed by atoms with Crippen molar-refractivity contribution >= 4 is 44.3 Å². The van der Waals surface area contributed by atoms with Crippen molar-refractivity contribution in [2.75, 3.05) is 28.2 Å². The number of sulfonamides is 1. The molecule has 0 aliphatic carbocycles. The minimum atomic E-state index is -3.46. The molecule has 204 valence electrons. The maximum atomic E-state index is 13.3. The number of benzene rings is 4. The van der Waals surface area contributed by atoms with E-state index in [1.54, 1.807) is 25.1 Å². The number of nitrogens with zero attached hydrogens (tertiary/aromatic N) is 1. The van der Waals surface area contributed by atoms with Gasteiger partial charge in [-0.1, -0.05) is 72.8 Å². The van der Waals surface area contributed by atoms with Crippen LogP contribution in [0.5, 0.6) is 0 Å². The maximum Gasteiger partial charge on any atom is 0.258 e. The van der Waals surface area contributed by atoms with E-state index in [-0.39, 0.29) is 11.7 Å². The normalized spacial score (nSPS) is 14.0. The molecule has 0 saturated heterocycles. The number of hydrogen-bond acceptors (Lipinski definition) is 5. The summed E-state index contributed by atoms with van der Waals surface area (Å²) in [6.45, 7) is 3.24. The molecule has 5 rings (SSSR count). The van der Waals surface area contributed by atoms with Gasteiger partial charge in [0, 0.05) is 35.7 Å². The molecule has 1 aliphatic rings. The first-order chi connectivity index (χ1) is 19.3. The quantitative estimate of drug-likeness (QED) is 0.210. The van der Waals surface area contributed by atoms with Gasteiger partial charge in [-0.25, -0.2) is 8.42 Å². The summed E-state index contributed by atoms with van der Waals surface area (Å²) >= 11 is 0. The maximum absolute atomic E-state index is 13.3. The van der Waals surface area contributed by atoms with Crippen molar-refractivity contribution in [1.82, 2.24) is 4.90 Å². The predicted molar refractivity (Wildman–Crippen MR) is 163 cm³/mol. The van der Waals surface area contributed by atoms with Crippen LogP contribution >= 0.6 is 0 Å². The third kappa shape index (κ3) is 6.42. The molecule has 0 aromatic heterocycles. The van der Waals surface area contributed by atoms with E-state index in [0.717, 1.165) is 24.3 Å². The van der Waals surface area contributed by atoms with E-state index in [0.29, 0.717) is 28.2 Å². The van der Waals surface area contributed by atoms with Crippen molar-refractivity contribution < 1.29 is 13.2 Å². The summed E-state index contributed by atoms with van der Waals surface area (Å²) in [5.41, 5.74) is 6.88. The number of amides is 1. The molecule has 0 spiro atoms. The molecular weight excluding hydrogens is 520 g/mol. The zero-order valence-electron chi connectivity index (χ0n) is 22.5. The third-order valence-electron chi connectivity index (χ3n) is 6.70. The Morgan fingerprint density at radius 2 is 1.40 bits per heavy atom. The fourth-order valence-electron chi connectivity index (χ4n) is 4.71. The number of carbonyl (C=O) groups is 1. The van der Waals surface area contributed by atoms with Crippen LogP contribution in [0.25, 0.3) is 11.3 Å². The van der Waals surface area contributed by atoms with E-state index < -0.39 is 10.0 Å². The molecule has 0 unspecified atom stereocenters. The summed E-state index contributed by atoms with van der Waals surface area (Å²) < 4.78 is 26.9. The highest BCUT2D eigenvalue weighted by molar-refractivity contribution is 7.92. The molecule has 4 aromatic rings. The van der Waals surface area contributed by atoms with Gasteiger partial charge in [0.05, 0.1) is 17.0 Å². The first kappa shape index (κ1) is 27.2. The van der Waals surface area contributed by atoms with Gasteiger partial charge in [0.1, 0.15) is 0 Å². The first-order valence-electron chi connectivity index (χ1n) is 13.2. The lowest BCUT2D eigenvalue weighted by molar-refractivity contribution is -0.110. The molecule has 8 heteroatoms. The lowest BCUT2D eigenvalue weighted by Gasteiger charge is -2.18. The van der Waals surface area contributed by atoms with Crippen LogP contribution in [0.15, 0.2) is 103 Å². The van der Waals surface area contributed by atoms with Crippen LogP contribution in [0.1, 0.15) is 29.2 Å². The summed E-state index contributed by atoms with van der Waals surface area (Å²) in [6, 6.07) is 33.3. The molecule has 4 aromatic carbocycles. The predicted octanol–water partition coefficient (Wildman–Crippen LogP) is 6.01. The summed E-state index contributed by atoms with van der Waals surface area (Å²) in [6.07, 6.45) is 0. The van der Waals surface area contributed by atoms with Crippen LogP contribution in [0, 0.1) is 0 Å². The average Bonchev–Trinajstić information content (AvgIpc) is 3.28. The number of anilines is 3. The van der Waals surface area contributed by atoms with Gasteiger partial charge in [-0.05, 0) is 61.0 Å². The highest BCUT2D eigenvalue weighted by Crippen LogP contribution is 2.39. The topological polar surface area (TPSA) is 90.5 Å². The lowest BCUT2D eigenvalue weighted by atomic mass is 9.99. The van der Waals surface area contributed by atoms with E-state index in [1.807, 2.05) is 48.5 Å². The van der Waals surface area contributed by atoms with Crippen LogP contribution < -0.4 is 15.4 Å². The van der Waals surface area contributed by atoms with E-state index in [4.69, 9.17) is 0 Å². The number of nitrogens with one attached hydrogen (secondary N) is 3. The van der Waals surface area contributed by atoms with Crippen molar-refractivity contribution in [3.05, 3.63) is 125 Å². The van der Waals surface area contributed by atoms with Crippen molar-refractivity contribution in [1.29, 1.82) is 0 Å². The Kier molecular flexibility index (Phi) is 8.00. The number of fused-ring (bicyclic) bond motifs is 1. The molecule has 3 N–H and O–H groups in total. The van der Waals surface area contributed by atoms with Gasteiger partial charge in [0.25, 0.3) is 5.91 Å². The van der Waals surface area contributed by atoms with Gasteiger partial charge in [0.15, 0.2) is 0 Å². The lowest BCUT2D eigenvalue weighted by Crippen LogP contribution is -2.17. The molecule has 1 amide bonds. The molecule has 1 heterocycles. The second kappa shape index (κ2) is 11.8. The highest BCUT2D eigenvalue weighted by Gasteiger charge is 2.29. The van der Waals surface area contributed by atoms with Gasteiger partial charge in [-0.2, -0.15) is 0 Å². The van der Waals surface area contributed by atoms with Gasteiger partial charge in [0.2, 0.25) is 10.0 Å². The second-order valence-electron chi connectivity index (χ2n) is 9.82. The Hall–Kier alpha value is -4.40. The van der Waals surface area contributed by atoms with Gasteiger partial charge < -0.3 is 10.6 Å². The van der Waals surface area contributed by atoms with Crippen LogP contribution in [0.2, 0.25) is 0 Å². The van der Waals surface area contributed by atoms with Crippen molar-refractivity contribution in [3.8, 4) is 0 Å². The Balaban J connectivity index is 1.44. The molecule has 40 heavy (non-hydrogen) atoms. The Morgan fingerprint density at radius 1 is 0.800 bits per heavy atom. The van der Waals surface area contributed by atoms with Crippen LogP contribution in [0.3, 0.4) is 0 Å². The summed E-state index contributed by atoms with van der Waals surface area (Å²) in [5.74, 6) is -0.297. The van der Waals surface area contributed by atoms with Gasteiger partial charge in [-0.15, -0.1) is 0 Å². The van der Waals surface area contributed by atoms with Gasteiger partial charge >= 0.3 is 0 Å². The number of hydrogen-bond donors (Lipinski definition) is 3. The molecule has 0 fully saturated rings. The van der Waals surface area contributed by atoms with Gasteiger partial charge in [-0.3, -0.25) is 14.4 Å². The van der Waals surface area contributed by atoms with Crippen molar-refractivity contribution in [3.63, 3.8) is 0 Å². The number of carbonyl (C=O) groups excluding carboxylic acids is 1. The average molecular weight is 553 g/mol. The smallest absolute Gasteiger partial charge is 0.258 e. The van der Waals surface area contributed by atoms with Crippen LogP contribution in [-0.2, 0) is 27.9 Å². The summed E-state index contributed by atoms with van der Waals surface area (Å²) in [4.78, 5) is 15.5. The minimum absolute atomic E-state index is 0.0428. The molecule has 0 radical (unpaired) electrons. The molecule has 0 saturated carbocycles. The molecule has 1 aliphatic heterocycles. The Bertz CT molecular complexity index is 1640. The Morgan fingerprint density at radius 3 is 2.05 bits per heavy atom. The SMILES string of the molecule is CCS(=O)(=O)Nc1ccc2c(c1)C(=C(Nc1ccc(CN(C)Cc3ccccc3)cc1)c1ccccc1)C(=O)N2. The van der Waals surface area contributed by atoms with Crippen LogP contribution in [-0.4, -0.2) is 32.0 Å². The summed E-state index contributed by atoms with van der Waals surface area (Å²) in [7, 11) is -1.36. The fourth-order valence-corrected chi connectivity index (χ4v) is 5.35. The highest BCUT2D eigenvalue weighted by atomic mass is 32.2. The molecular formula is C32H32N4O3S. The summed E-state index contributed by atoms with van der Waals surface area (Å²) in [5, 5.41) is 6.39. The monoisotopic (exact) mass is 552 g/mol. The van der Waals surface area contributed by atoms with E-state index in [9.17, 15) is 13.2 Å². The standard InChI is InChI=1S/C32H32N4O3S/c1-3-40(38,39)35-27-18-19-29-28(20-27)30(32(37)34-29)31(25-12-8-5-9-13-25)33-26-16-14-24(15-17-26)22-36(2)21-23-10-6-4-7-11-23/h4-20,33,35H,3,21-22H2,1-2H3,(H,34,37). The van der Waals surface area contributed by atoms with E-state index >= 15 is 0 Å². The van der Waals surface area contributed by atoms with E-state index in [1.165, 1.54) is 11.1 Å². The van der Waals surface area contributed by atoms with Crippen LogP contribution in [0.4, 0.5) is 17.1 Å². The largest absolute Gasteiger partial charge is 0.354 e. The molecule has 0 bridgehead atoms. The zero-order valence-corrected chi connectivity index (χ0v) is 23.3. The van der Waals surface area contributed by atoms with Crippen molar-refractivity contribution in [2.45, 2.75) is 20.0 Å². The fraction of sp³-hybridized carbons (Fsp3) is 0.156. The third-order valence-corrected chi connectivity index (χ3v) is 8.01. The number of rotatable bonds is 10. The van der Waals surface area contributed by atoms with E-state index in [2.05, 4.69) is 63.7 Å². The molecule has 0 atom stereocenters. The molecule has 7 nitrogen and oxygen atoms in total. The zero-order chi connectivity index (χ0) is 28.1. The first-order valence-corrected chi connectivity index (χ1v) is 14.8. The minimum Gasteiger partial charge on any atom is -0.354 e. The Labute approximate surface area is 235 Å². The van der Waals surface area contributed by atoms with Crippen molar-refractivity contribution in [2.24, 2.45) is 0 Å². The second-order valence-corrected chi connectivity index (χ2v) is 11.8.